The first-order valence-corrected chi connectivity index (χ1v) is 7.81. The van der Waals surface area contributed by atoms with Crippen molar-refractivity contribution in [2.45, 2.75) is 20.0 Å². The summed E-state index contributed by atoms with van der Waals surface area (Å²) >= 11 is 0. The summed E-state index contributed by atoms with van der Waals surface area (Å²) in [6, 6.07) is 18.4. The van der Waals surface area contributed by atoms with Gasteiger partial charge in [0, 0.05) is 0 Å². The monoisotopic (exact) mass is 333 g/mol. The second-order valence-corrected chi connectivity index (χ2v) is 5.43. The van der Waals surface area contributed by atoms with Crippen LogP contribution in [-0.2, 0) is 4.79 Å². The number of benzene rings is 2. The molecule has 0 aliphatic carbocycles. The van der Waals surface area contributed by atoms with Crippen LogP contribution in [0.3, 0.4) is 0 Å². The van der Waals surface area contributed by atoms with Crippen molar-refractivity contribution in [1.29, 1.82) is 5.26 Å². The highest BCUT2D eigenvalue weighted by atomic mass is 16.5. The highest BCUT2D eigenvalue weighted by molar-refractivity contribution is 5.87. The van der Waals surface area contributed by atoms with Crippen molar-refractivity contribution in [2.75, 3.05) is 0 Å². The van der Waals surface area contributed by atoms with Gasteiger partial charge in [-0.3, -0.25) is 4.79 Å². The molecule has 0 spiro atoms. The van der Waals surface area contributed by atoms with Crippen LogP contribution in [0.4, 0.5) is 0 Å². The fourth-order valence-corrected chi connectivity index (χ4v) is 2.00. The number of amides is 1. The van der Waals surface area contributed by atoms with Gasteiger partial charge in [0.25, 0.3) is 5.91 Å². The number of nitrogens with one attached hydrogen (secondary N) is 1. The van der Waals surface area contributed by atoms with E-state index in [2.05, 4.69) is 10.5 Å². The Balaban J connectivity index is 1.86. The first kappa shape index (κ1) is 18.0. The van der Waals surface area contributed by atoms with Gasteiger partial charge >= 0.3 is 0 Å². The van der Waals surface area contributed by atoms with Gasteiger partial charge in [-0.2, -0.15) is 10.4 Å². The molecule has 0 saturated heterocycles. The topological polar surface area (TPSA) is 74.5 Å². The number of hydrogen-bond acceptors (Lipinski definition) is 4. The first-order valence-electron chi connectivity index (χ1n) is 7.81. The van der Waals surface area contributed by atoms with Crippen LogP contribution in [0.25, 0.3) is 6.08 Å². The lowest BCUT2D eigenvalue weighted by atomic mass is 10.1. The third kappa shape index (κ3) is 5.96. The Morgan fingerprint density at radius 1 is 1.20 bits per heavy atom. The van der Waals surface area contributed by atoms with Crippen LogP contribution in [0.15, 0.2) is 65.3 Å². The normalized spacial score (nSPS) is 12.4. The maximum atomic E-state index is 12.0. The lowest BCUT2D eigenvalue weighted by Gasteiger charge is -2.12. The molecule has 0 fully saturated rings. The molecule has 5 heteroatoms. The minimum atomic E-state index is -0.705. The molecule has 126 valence electrons. The predicted octanol–water partition coefficient (Wildman–Crippen LogP) is 3.53. The smallest absolute Gasteiger partial charge is 0.280 e. The fourth-order valence-electron chi connectivity index (χ4n) is 2.00. The average molecular weight is 333 g/mol. The molecule has 0 heterocycles. The van der Waals surface area contributed by atoms with Crippen LogP contribution >= 0.6 is 0 Å². The van der Waals surface area contributed by atoms with Gasteiger partial charge in [-0.1, -0.05) is 36.4 Å². The summed E-state index contributed by atoms with van der Waals surface area (Å²) < 4.78 is 5.52. The van der Waals surface area contributed by atoms with E-state index in [0.717, 1.165) is 11.1 Å². The molecule has 1 atom stereocenters. The zero-order valence-corrected chi connectivity index (χ0v) is 14.1. The standard InChI is InChI=1S/C20H19N3O2/c1-15(12-17-6-4-3-5-7-17)14-22-23-20(24)16(2)25-19-10-8-18(13-21)9-11-19/h3-12,14,16H,1-2H3,(H,23,24)/b15-12+,22-14-/t16-/m1/s1. The Kier molecular flexibility index (Phi) is 6.49. The summed E-state index contributed by atoms with van der Waals surface area (Å²) in [7, 11) is 0. The average Bonchev–Trinajstić information content (AvgIpc) is 2.63. The summed E-state index contributed by atoms with van der Waals surface area (Å²) in [5.74, 6) is 0.166. The van der Waals surface area contributed by atoms with E-state index in [1.165, 1.54) is 0 Å². The van der Waals surface area contributed by atoms with E-state index < -0.39 is 6.10 Å². The van der Waals surface area contributed by atoms with E-state index in [0.29, 0.717) is 11.3 Å². The van der Waals surface area contributed by atoms with E-state index >= 15 is 0 Å². The van der Waals surface area contributed by atoms with Crippen molar-refractivity contribution in [3.8, 4) is 11.8 Å². The summed E-state index contributed by atoms with van der Waals surface area (Å²) in [6.07, 6.45) is 2.84. The molecule has 0 aliphatic heterocycles. The maximum absolute atomic E-state index is 12.0. The predicted molar refractivity (Wildman–Crippen MR) is 98.0 cm³/mol. The van der Waals surface area contributed by atoms with Gasteiger partial charge < -0.3 is 4.74 Å². The zero-order chi connectivity index (χ0) is 18.1. The van der Waals surface area contributed by atoms with Crippen LogP contribution in [0, 0.1) is 11.3 Å². The molecule has 0 aromatic heterocycles. The van der Waals surface area contributed by atoms with Gasteiger partial charge in [-0.25, -0.2) is 5.43 Å². The van der Waals surface area contributed by atoms with Gasteiger partial charge in [0.1, 0.15) is 5.75 Å². The molecule has 2 aromatic rings. The first-order chi connectivity index (χ1) is 12.1. The molecule has 1 N–H and O–H groups in total. The molecule has 25 heavy (non-hydrogen) atoms. The molecule has 0 radical (unpaired) electrons. The van der Waals surface area contributed by atoms with Crippen LogP contribution in [0.5, 0.6) is 5.75 Å². The number of hydrazone groups is 1. The van der Waals surface area contributed by atoms with Gasteiger partial charge in [0.15, 0.2) is 6.10 Å². The van der Waals surface area contributed by atoms with Crippen molar-refractivity contribution in [3.05, 3.63) is 71.3 Å². The van der Waals surface area contributed by atoms with Gasteiger partial charge in [-0.05, 0) is 49.2 Å². The van der Waals surface area contributed by atoms with Crippen LogP contribution in [0.1, 0.15) is 25.0 Å². The van der Waals surface area contributed by atoms with Gasteiger partial charge in [-0.15, -0.1) is 0 Å². The van der Waals surface area contributed by atoms with Crippen molar-refractivity contribution >= 4 is 18.2 Å². The number of allylic oxidation sites excluding steroid dienone is 1. The summed E-state index contributed by atoms with van der Waals surface area (Å²) in [5, 5.41) is 12.7. The van der Waals surface area contributed by atoms with Crippen molar-refractivity contribution in [2.24, 2.45) is 5.10 Å². The highest BCUT2D eigenvalue weighted by Gasteiger charge is 2.13. The van der Waals surface area contributed by atoms with Gasteiger partial charge in [0.05, 0.1) is 17.8 Å². The molecule has 0 unspecified atom stereocenters. The Labute approximate surface area is 147 Å². The largest absolute Gasteiger partial charge is 0.481 e. The number of rotatable bonds is 6. The maximum Gasteiger partial charge on any atom is 0.280 e. The number of nitrogens with zero attached hydrogens (tertiary/aromatic N) is 2. The minimum absolute atomic E-state index is 0.354. The van der Waals surface area contributed by atoms with Gasteiger partial charge in [0.2, 0.25) is 0 Å². The third-order valence-corrected chi connectivity index (χ3v) is 3.30. The van der Waals surface area contributed by atoms with Crippen molar-refractivity contribution in [3.63, 3.8) is 0 Å². The quantitative estimate of drug-likeness (QED) is 0.649. The molecule has 2 aromatic carbocycles. The second-order valence-electron chi connectivity index (χ2n) is 5.43. The Morgan fingerprint density at radius 2 is 1.88 bits per heavy atom. The molecule has 1 amide bonds. The van der Waals surface area contributed by atoms with E-state index in [-0.39, 0.29) is 5.91 Å². The lowest BCUT2D eigenvalue weighted by molar-refractivity contribution is -0.127. The summed E-state index contributed by atoms with van der Waals surface area (Å²) in [5.41, 5.74) is 4.97. The van der Waals surface area contributed by atoms with Crippen LogP contribution in [0.2, 0.25) is 0 Å². The number of carbonyl (C=O) groups is 1. The van der Waals surface area contributed by atoms with E-state index in [4.69, 9.17) is 10.00 Å². The minimum Gasteiger partial charge on any atom is -0.481 e. The number of ether oxygens (including phenoxy) is 1. The Bertz CT molecular complexity index is 803. The van der Waals surface area contributed by atoms with Crippen molar-refractivity contribution in [1.82, 2.24) is 5.43 Å². The summed E-state index contributed by atoms with van der Waals surface area (Å²) in [6.45, 7) is 3.54. The van der Waals surface area contributed by atoms with E-state index in [1.807, 2.05) is 49.4 Å². The third-order valence-electron chi connectivity index (χ3n) is 3.30. The molecule has 0 aliphatic rings. The van der Waals surface area contributed by atoms with Crippen LogP contribution < -0.4 is 10.2 Å². The van der Waals surface area contributed by atoms with Crippen molar-refractivity contribution < 1.29 is 9.53 Å². The van der Waals surface area contributed by atoms with E-state index in [9.17, 15) is 4.79 Å². The Morgan fingerprint density at radius 3 is 2.52 bits per heavy atom. The molecule has 0 saturated carbocycles. The molecule has 5 nitrogen and oxygen atoms in total. The lowest BCUT2D eigenvalue weighted by Crippen LogP contribution is -2.33. The fraction of sp³-hybridized carbons (Fsp3) is 0.150. The second kappa shape index (κ2) is 9.04. The number of carbonyl (C=O) groups excluding carboxylic acids is 1. The molecular weight excluding hydrogens is 314 g/mol. The molecular formula is C20H19N3O2. The molecule has 0 bridgehead atoms. The SMILES string of the molecule is CC(/C=N\NC(=O)[C@@H](C)Oc1ccc(C#N)cc1)=C\c1ccccc1. The summed E-state index contributed by atoms with van der Waals surface area (Å²) in [4.78, 5) is 12.0. The Hall–Kier alpha value is -3.39. The number of nitriles is 1. The van der Waals surface area contributed by atoms with Crippen LogP contribution in [-0.4, -0.2) is 18.2 Å². The number of hydrogen-bond donors (Lipinski definition) is 1. The highest BCUT2D eigenvalue weighted by Crippen LogP contribution is 2.13. The van der Waals surface area contributed by atoms with E-state index in [1.54, 1.807) is 37.4 Å². The molecule has 2 rings (SSSR count). The zero-order valence-electron chi connectivity index (χ0n) is 14.1.